The molecule has 0 spiro atoms. The highest BCUT2D eigenvalue weighted by atomic mass is 32.2. The highest BCUT2D eigenvalue weighted by Crippen LogP contribution is 2.28. The van der Waals surface area contributed by atoms with Gasteiger partial charge in [-0.2, -0.15) is 0 Å². The topological polar surface area (TPSA) is 66.8 Å². The molecule has 0 saturated carbocycles. The van der Waals surface area contributed by atoms with Crippen LogP contribution in [0.5, 0.6) is 5.75 Å². The molecule has 148 valence electrons. The molecule has 1 N–H and O–H groups in total. The van der Waals surface area contributed by atoms with E-state index in [-0.39, 0.29) is 12.4 Å². The van der Waals surface area contributed by atoms with Crippen molar-refractivity contribution in [1.29, 1.82) is 0 Å². The zero-order chi connectivity index (χ0) is 19.9. The Bertz CT molecular complexity index is 849. The molecular weight excluding hydrogens is 362 g/mol. The van der Waals surface area contributed by atoms with Crippen LogP contribution in [0.15, 0.2) is 47.4 Å². The summed E-state index contributed by atoms with van der Waals surface area (Å²) >= 11 is 0. The fourth-order valence-corrected chi connectivity index (χ4v) is 3.75. The van der Waals surface area contributed by atoms with Gasteiger partial charge in [0.15, 0.2) is 9.84 Å². The van der Waals surface area contributed by atoms with E-state index in [0.717, 1.165) is 35.4 Å². The van der Waals surface area contributed by atoms with Gasteiger partial charge in [-0.3, -0.25) is 0 Å². The predicted molar refractivity (Wildman–Crippen MR) is 109 cm³/mol. The van der Waals surface area contributed by atoms with Crippen LogP contribution < -0.4 is 4.74 Å². The maximum absolute atomic E-state index is 12.1. The molecular formula is C21H29NO4S. The molecule has 0 aliphatic carbocycles. The van der Waals surface area contributed by atoms with Gasteiger partial charge in [-0.25, -0.2) is 8.42 Å². The maximum Gasteiger partial charge on any atom is 0.178 e. The van der Waals surface area contributed by atoms with Gasteiger partial charge in [0, 0.05) is 13.1 Å². The van der Waals surface area contributed by atoms with Crippen LogP contribution in [0, 0.1) is 6.92 Å². The SMILES string of the molecule is CCS(=O)(=O)c1cccc(-c2ccc(OCCCN(C)CCO)c(C)c2)c1. The Balaban J connectivity index is 2.05. The molecule has 0 radical (unpaired) electrons. The molecule has 0 amide bonds. The third-order valence-electron chi connectivity index (χ3n) is 4.50. The van der Waals surface area contributed by atoms with Crippen LogP contribution in [0.4, 0.5) is 0 Å². The van der Waals surface area contributed by atoms with Crippen molar-refractivity contribution in [2.75, 3.05) is 39.1 Å². The minimum atomic E-state index is -3.22. The summed E-state index contributed by atoms with van der Waals surface area (Å²) in [6.07, 6.45) is 0.884. The van der Waals surface area contributed by atoms with Crippen molar-refractivity contribution in [2.45, 2.75) is 25.2 Å². The number of aryl methyl sites for hydroxylation is 1. The Morgan fingerprint density at radius 2 is 1.81 bits per heavy atom. The van der Waals surface area contributed by atoms with E-state index in [1.165, 1.54) is 0 Å². The van der Waals surface area contributed by atoms with Crippen LogP contribution in [0.1, 0.15) is 18.9 Å². The molecule has 0 fully saturated rings. The standard InChI is InChI=1S/C21H29NO4S/c1-4-27(24,25)20-8-5-7-18(16-20)19-9-10-21(17(2)15-19)26-14-6-11-22(3)12-13-23/h5,7-10,15-16,23H,4,6,11-14H2,1-3H3. The third kappa shape index (κ3) is 6.06. The lowest BCUT2D eigenvalue weighted by Crippen LogP contribution is -2.24. The predicted octanol–water partition coefficient (Wildman–Crippen LogP) is 3.15. The van der Waals surface area contributed by atoms with Gasteiger partial charge in [-0.1, -0.05) is 25.1 Å². The van der Waals surface area contributed by atoms with Crippen LogP contribution in [0.25, 0.3) is 11.1 Å². The van der Waals surface area contributed by atoms with E-state index in [4.69, 9.17) is 9.84 Å². The summed E-state index contributed by atoms with van der Waals surface area (Å²) in [4.78, 5) is 2.42. The Morgan fingerprint density at radius 3 is 2.48 bits per heavy atom. The lowest BCUT2D eigenvalue weighted by Gasteiger charge is -2.16. The summed E-state index contributed by atoms with van der Waals surface area (Å²) < 4.78 is 30.1. The molecule has 0 bridgehead atoms. The second kappa shape index (κ2) is 9.88. The number of sulfone groups is 1. The van der Waals surface area contributed by atoms with Crippen LogP contribution in [0.3, 0.4) is 0 Å². The smallest absolute Gasteiger partial charge is 0.178 e. The highest BCUT2D eigenvalue weighted by Gasteiger charge is 2.12. The molecule has 2 aromatic rings. The summed E-state index contributed by atoms with van der Waals surface area (Å²) in [5.41, 5.74) is 2.86. The van der Waals surface area contributed by atoms with E-state index >= 15 is 0 Å². The maximum atomic E-state index is 12.1. The molecule has 6 heteroatoms. The normalized spacial score (nSPS) is 11.7. The van der Waals surface area contributed by atoms with Crippen molar-refractivity contribution < 1.29 is 18.3 Å². The van der Waals surface area contributed by atoms with Gasteiger partial charge in [0.2, 0.25) is 0 Å². The van der Waals surface area contributed by atoms with Gasteiger partial charge in [-0.15, -0.1) is 0 Å². The lowest BCUT2D eigenvalue weighted by molar-refractivity contribution is 0.207. The Morgan fingerprint density at radius 1 is 1.07 bits per heavy atom. The van der Waals surface area contributed by atoms with Crippen molar-refractivity contribution in [3.63, 3.8) is 0 Å². The third-order valence-corrected chi connectivity index (χ3v) is 6.24. The average molecular weight is 392 g/mol. The summed E-state index contributed by atoms with van der Waals surface area (Å²) in [5.74, 6) is 0.927. The lowest BCUT2D eigenvalue weighted by atomic mass is 10.0. The molecule has 5 nitrogen and oxygen atoms in total. The van der Waals surface area contributed by atoms with Gasteiger partial charge >= 0.3 is 0 Å². The largest absolute Gasteiger partial charge is 0.493 e. The van der Waals surface area contributed by atoms with Gasteiger partial charge in [0.1, 0.15) is 5.75 Å². The van der Waals surface area contributed by atoms with Crippen LogP contribution in [0.2, 0.25) is 0 Å². The van der Waals surface area contributed by atoms with E-state index in [0.29, 0.717) is 18.0 Å². The first-order valence-electron chi connectivity index (χ1n) is 9.23. The fraction of sp³-hybridized carbons (Fsp3) is 0.429. The van der Waals surface area contributed by atoms with Crippen molar-refractivity contribution in [3.05, 3.63) is 48.0 Å². The summed E-state index contributed by atoms with van der Waals surface area (Å²) in [6.45, 7) is 5.96. The van der Waals surface area contributed by atoms with Crippen molar-refractivity contribution in [3.8, 4) is 16.9 Å². The van der Waals surface area contributed by atoms with Crippen molar-refractivity contribution in [1.82, 2.24) is 4.90 Å². The number of aliphatic hydroxyl groups is 1. The van der Waals surface area contributed by atoms with E-state index in [2.05, 4.69) is 4.90 Å². The quantitative estimate of drug-likeness (QED) is 0.630. The number of benzene rings is 2. The van der Waals surface area contributed by atoms with Crippen LogP contribution in [-0.2, 0) is 9.84 Å². The van der Waals surface area contributed by atoms with E-state index < -0.39 is 9.84 Å². The van der Waals surface area contributed by atoms with Crippen LogP contribution >= 0.6 is 0 Å². The minimum Gasteiger partial charge on any atom is -0.493 e. The van der Waals surface area contributed by atoms with Gasteiger partial charge < -0.3 is 14.7 Å². The first-order valence-corrected chi connectivity index (χ1v) is 10.9. The second-order valence-corrected chi connectivity index (χ2v) is 8.92. The monoisotopic (exact) mass is 391 g/mol. The Kier molecular flexibility index (Phi) is 7.83. The number of likely N-dealkylation sites (N-methyl/N-ethyl adjacent to an activating group) is 1. The van der Waals surface area contributed by atoms with Crippen LogP contribution in [-0.4, -0.2) is 57.5 Å². The molecule has 0 heterocycles. The highest BCUT2D eigenvalue weighted by molar-refractivity contribution is 7.91. The van der Waals surface area contributed by atoms with Gasteiger partial charge in [0.25, 0.3) is 0 Å². The zero-order valence-corrected chi connectivity index (χ0v) is 17.1. The van der Waals surface area contributed by atoms with E-state index in [1.807, 2.05) is 38.2 Å². The van der Waals surface area contributed by atoms with Gasteiger partial charge in [-0.05, 0) is 61.3 Å². The molecule has 0 saturated heterocycles. The number of hydrogen-bond acceptors (Lipinski definition) is 5. The first-order chi connectivity index (χ1) is 12.9. The van der Waals surface area contributed by atoms with Crippen molar-refractivity contribution in [2.24, 2.45) is 0 Å². The number of hydrogen-bond donors (Lipinski definition) is 1. The summed E-state index contributed by atoms with van der Waals surface area (Å²) in [7, 11) is -1.24. The number of aliphatic hydroxyl groups excluding tert-OH is 1. The number of nitrogens with zero attached hydrogens (tertiary/aromatic N) is 1. The summed E-state index contributed by atoms with van der Waals surface area (Å²) in [6, 6.07) is 13.0. The molecule has 2 rings (SSSR count). The second-order valence-electron chi connectivity index (χ2n) is 6.64. The van der Waals surface area contributed by atoms with E-state index in [9.17, 15) is 8.42 Å². The molecule has 27 heavy (non-hydrogen) atoms. The van der Waals surface area contributed by atoms with Gasteiger partial charge in [0.05, 0.1) is 23.9 Å². The molecule has 0 aromatic heterocycles. The molecule has 0 aliphatic heterocycles. The molecule has 0 atom stereocenters. The Hall–Kier alpha value is -1.89. The summed E-state index contributed by atoms with van der Waals surface area (Å²) in [5, 5.41) is 8.90. The number of rotatable bonds is 10. The van der Waals surface area contributed by atoms with Crippen molar-refractivity contribution >= 4 is 9.84 Å². The Labute approximate surface area is 162 Å². The molecule has 0 aliphatic rings. The molecule has 0 unspecified atom stereocenters. The molecule has 2 aromatic carbocycles. The zero-order valence-electron chi connectivity index (χ0n) is 16.3. The minimum absolute atomic E-state index is 0.0930. The fourth-order valence-electron chi connectivity index (χ4n) is 2.83. The number of ether oxygens (including phenoxy) is 1. The van der Waals surface area contributed by atoms with E-state index in [1.54, 1.807) is 25.1 Å². The average Bonchev–Trinajstić information content (AvgIpc) is 2.66. The first kappa shape index (κ1) is 21.4.